The minimum absolute atomic E-state index is 0.183. The van der Waals surface area contributed by atoms with Gasteiger partial charge < -0.3 is 15.4 Å². The number of methoxy groups -OCH3 is 1. The standard InChI is InChI=1S/C13H20N2O3S/c1-8(2)7-9(12(16)14-3)15-13(17)11-10(18-4)5-6-19-11/h5-6,8-9H,7H2,1-4H3,(H,14,16)(H,15,17)/t9-/m0/s1. The van der Waals surface area contributed by atoms with Crippen molar-refractivity contribution in [2.24, 2.45) is 5.92 Å². The van der Waals surface area contributed by atoms with Crippen LogP contribution in [-0.2, 0) is 4.79 Å². The number of ether oxygens (including phenoxy) is 1. The molecule has 1 atom stereocenters. The topological polar surface area (TPSA) is 67.4 Å². The van der Waals surface area contributed by atoms with Crippen molar-refractivity contribution in [3.63, 3.8) is 0 Å². The summed E-state index contributed by atoms with van der Waals surface area (Å²) in [5.74, 6) is 0.384. The molecule has 1 aromatic heterocycles. The molecule has 0 aliphatic carbocycles. The van der Waals surface area contributed by atoms with E-state index in [1.54, 1.807) is 18.5 Å². The van der Waals surface area contributed by atoms with Gasteiger partial charge in [-0.15, -0.1) is 11.3 Å². The number of rotatable bonds is 6. The molecule has 0 fully saturated rings. The quantitative estimate of drug-likeness (QED) is 0.834. The van der Waals surface area contributed by atoms with E-state index in [-0.39, 0.29) is 11.8 Å². The Labute approximate surface area is 117 Å². The lowest BCUT2D eigenvalue weighted by Crippen LogP contribution is -2.46. The summed E-state index contributed by atoms with van der Waals surface area (Å²) in [7, 11) is 3.08. The molecule has 0 aromatic carbocycles. The number of likely N-dealkylation sites (N-methyl/N-ethyl adjacent to an activating group) is 1. The van der Waals surface area contributed by atoms with Gasteiger partial charge >= 0.3 is 0 Å². The monoisotopic (exact) mass is 284 g/mol. The first-order valence-corrected chi connectivity index (χ1v) is 7.01. The van der Waals surface area contributed by atoms with Gasteiger partial charge in [0.2, 0.25) is 5.91 Å². The van der Waals surface area contributed by atoms with Crippen molar-refractivity contribution in [1.82, 2.24) is 10.6 Å². The Morgan fingerprint density at radius 2 is 2.11 bits per heavy atom. The fraction of sp³-hybridized carbons (Fsp3) is 0.538. The zero-order valence-electron chi connectivity index (χ0n) is 11.6. The number of thiophene rings is 1. The summed E-state index contributed by atoms with van der Waals surface area (Å²) in [4.78, 5) is 24.4. The van der Waals surface area contributed by atoms with Gasteiger partial charge in [0.25, 0.3) is 5.91 Å². The summed E-state index contributed by atoms with van der Waals surface area (Å²) in [6.07, 6.45) is 0.596. The molecular formula is C13H20N2O3S. The second kappa shape index (κ2) is 7.13. The van der Waals surface area contributed by atoms with Gasteiger partial charge in [-0.3, -0.25) is 9.59 Å². The smallest absolute Gasteiger partial charge is 0.265 e. The summed E-state index contributed by atoms with van der Waals surface area (Å²) < 4.78 is 5.10. The maximum atomic E-state index is 12.1. The average Bonchev–Trinajstić information content (AvgIpc) is 2.84. The minimum Gasteiger partial charge on any atom is -0.495 e. The molecule has 0 aliphatic heterocycles. The van der Waals surface area contributed by atoms with E-state index < -0.39 is 6.04 Å². The zero-order chi connectivity index (χ0) is 14.4. The lowest BCUT2D eigenvalue weighted by molar-refractivity contribution is -0.122. The summed E-state index contributed by atoms with van der Waals surface area (Å²) in [5, 5.41) is 7.11. The third-order valence-electron chi connectivity index (χ3n) is 2.63. The van der Waals surface area contributed by atoms with Gasteiger partial charge in [-0.1, -0.05) is 13.8 Å². The highest BCUT2D eigenvalue weighted by atomic mass is 32.1. The zero-order valence-corrected chi connectivity index (χ0v) is 12.5. The summed E-state index contributed by atoms with van der Waals surface area (Å²) in [6.45, 7) is 4.02. The minimum atomic E-state index is -0.524. The molecule has 6 heteroatoms. The van der Waals surface area contributed by atoms with Crippen LogP contribution >= 0.6 is 11.3 Å². The van der Waals surface area contributed by atoms with E-state index in [1.165, 1.54) is 18.4 Å². The van der Waals surface area contributed by atoms with Crippen LogP contribution in [0.1, 0.15) is 29.9 Å². The van der Waals surface area contributed by atoms with E-state index in [9.17, 15) is 9.59 Å². The van der Waals surface area contributed by atoms with Crippen molar-refractivity contribution in [3.05, 3.63) is 16.3 Å². The molecule has 19 heavy (non-hydrogen) atoms. The van der Waals surface area contributed by atoms with Crippen molar-refractivity contribution < 1.29 is 14.3 Å². The molecule has 5 nitrogen and oxygen atoms in total. The Hall–Kier alpha value is -1.56. The molecule has 106 valence electrons. The third-order valence-corrected chi connectivity index (χ3v) is 3.53. The van der Waals surface area contributed by atoms with Crippen LogP contribution < -0.4 is 15.4 Å². The lowest BCUT2D eigenvalue weighted by atomic mass is 10.0. The maximum absolute atomic E-state index is 12.1. The Kier molecular flexibility index (Phi) is 5.82. The van der Waals surface area contributed by atoms with Gasteiger partial charge in [-0.2, -0.15) is 0 Å². The van der Waals surface area contributed by atoms with Crippen molar-refractivity contribution in [2.75, 3.05) is 14.2 Å². The van der Waals surface area contributed by atoms with Crippen molar-refractivity contribution in [1.29, 1.82) is 0 Å². The van der Waals surface area contributed by atoms with Crippen molar-refractivity contribution >= 4 is 23.2 Å². The van der Waals surface area contributed by atoms with E-state index >= 15 is 0 Å². The van der Waals surface area contributed by atoms with Crippen LogP contribution in [0.2, 0.25) is 0 Å². The first-order chi connectivity index (χ1) is 8.99. The second-order valence-electron chi connectivity index (χ2n) is 4.59. The molecule has 0 saturated carbocycles. The Bertz CT molecular complexity index is 443. The SMILES string of the molecule is CNC(=O)[C@H](CC(C)C)NC(=O)c1sccc1OC. The van der Waals surface area contributed by atoms with Gasteiger partial charge in [-0.25, -0.2) is 0 Å². The van der Waals surface area contributed by atoms with Gasteiger partial charge in [-0.05, 0) is 23.8 Å². The normalized spacial score (nSPS) is 12.1. The van der Waals surface area contributed by atoms with Crippen LogP contribution in [0.5, 0.6) is 5.75 Å². The average molecular weight is 284 g/mol. The van der Waals surface area contributed by atoms with E-state index in [0.717, 1.165) is 0 Å². The van der Waals surface area contributed by atoms with Crippen molar-refractivity contribution in [2.45, 2.75) is 26.3 Å². The first kappa shape index (κ1) is 15.5. The summed E-state index contributed by atoms with van der Waals surface area (Å²) in [5.41, 5.74) is 0. The second-order valence-corrected chi connectivity index (χ2v) is 5.50. The van der Waals surface area contributed by atoms with E-state index in [0.29, 0.717) is 23.0 Å². The van der Waals surface area contributed by atoms with Crippen LogP contribution in [0.25, 0.3) is 0 Å². The molecule has 1 rings (SSSR count). The van der Waals surface area contributed by atoms with E-state index in [1.807, 2.05) is 13.8 Å². The van der Waals surface area contributed by atoms with Crippen LogP contribution in [-0.4, -0.2) is 32.0 Å². The molecule has 0 unspecified atom stereocenters. The van der Waals surface area contributed by atoms with Crippen LogP contribution in [0.4, 0.5) is 0 Å². The Morgan fingerprint density at radius 1 is 1.42 bits per heavy atom. The molecular weight excluding hydrogens is 264 g/mol. The molecule has 0 bridgehead atoms. The third kappa shape index (κ3) is 4.24. The highest BCUT2D eigenvalue weighted by molar-refractivity contribution is 7.12. The molecule has 0 aliphatic rings. The van der Waals surface area contributed by atoms with Gasteiger partial charge in [0.1, 0.15) is 16.7 Å². The number of nitrogens with one attached hydrogen (secondary N) is 2. The molecule has 0 spiro atoms. The summed E-state index contributed by atoms with van der Waals surface area (Å²) >= 11 is 1.29. The fourth-order valence-corrected chi connectivity index (χ4v) is 2.49. The van der Waals surface area contributed by atoms with Crippen LogP contribution in [0, 0.1) is 5.92 Å². The molecule has 0 saturated heterocycles. The molecule has 2 N–H and O–H groups in total. The summed E-state index contributed by atoms with van der Waals surface area (Å²) in [6, 6.07) is 1.21. The Morgan fingerprint density at radius 3 is 2.63 bits per heavy atom. The predicted molar refractivity (Wildman–Crippen MR) is 75.6 cm³/mol. The molecule has 1 heterocycles. The fourth-order valence-electron chi connectivity index (χ4n) is 1.72. The first-order valence-electron chi connectivity index (χ1n) is 6.13. The number of carbonyl (C=O) groups is 2. The molecule has 1 aromatic rings. The molecule has 2 amide bonds. The predicted octanol–water partition coefficient (Wildman–Crippen LogP) is 1.65. The number of amides is 2. The van der Waals surface area contributed by atoms with Gasteiger partial charge in [0, 0.05) is 7.05 Å². The number of hydrogen-bond donors (Lipinski definition) is 2. The van der Waals surface area contributed by atoms with Gasteiger partial charge in [0.15, 0.2) is 0 Å². The highest BCUT2D eigenvalue weighted by Gasteiger charge is 2.23. The lowest BCUT2D eigenvalue weighted by Gasteiger charge is -2.19. The largest absolute Gasteiger partial charge is 0.495 e. The maximum Gasteiger partial charge on any atom is 0.265 e. The highest BCUT2D eigenvalue weighted by Crippen LogP contribution is 2.24. The van der Waals surface area contributed by atoms with E-state index in [2.05, 4.69) is 10.6 Å². The Balaban J connectivity index is 2.78. The number of hydrogen-bond acceptors (Lipinski definition) is 4. The van der Waals surface area contributed by atoms with Crippen LogP contribution in [0.15, 0.2) is 11.4 Å². The number of carbonyl (C=O) groups excluding carboxylic acids is 2. The van der Waals surface area contributed by atoms with Gasteiger partial charge in [0.05, 0.1) is 7.11 Å². The van der Waals surface area contributed by atoms with Crippen LogP contribution in [0.3, 0.4) is 0 Å². The molecule has 0 radical (unpaired) electrons. The van der Waals surface area contributed by atoms with Crippen molar-refractivity contribution in [3.8, 4) is 5.75 Å². The van der Waals surface area contributed by atoms with E-state index in [4.69, 9.17) is 4.74 Å².